The SMILES string of the molecule is Cc1cc(C)c(OCc2ccc(F)cc2C(=N)N)c(C)c1. The molecular weight excluding hydrogens is 267 g/mol. The zero-order valence-electron chi connectivity index (χ0n) is 12.5. The van der Waals surface area contributed by atoms with E-state index in [0.29, 0.717) is 11.1 Å². The number of hydrogen-bond acceptors (Lipinski definition) is 2. The molecule has 3 N–H and O–H groups in total. The highest BCUT2D eigenvalue weighted by Gasteiger charge is 2.10. The number of nitrogens with two attached hydrogens (primary N) is 1. The van der Waals surface area contributed by atoms with Crippen LogP contribution in [0, 0.1) is 32.0 Å². The van der Waals surface area contributed by atoms with Gasteiger partial charge in [0.25, 0.3) is 0 Å². The third-order valence-corrected chi connectivity index (χ3v) is 3.34. The largest absolute Gasteiger partial charge is 0.488 e. The summed E-state index contributed by atoms with van der Waals surface area (Å²) < 4.78 is 19.1. The molecule has 2 aromatic carbocycles. The van der Waals surface area contributed by atoms with Gasteiger partial charge in [-0.2, -0.15) is 0 Å². The fraction of sp³-hybridized carbons (Fsp3) is 0.235. The molecule has 0 aliphatic heterocycles. The van der Waals surface area contributed by atoms with Gasteiger partial charge in [0.1, 0.15) is 24.0 Å². The molecule has 0 spiro atoms. The average Bonchev–Trinajstić information content (AvgIpc) is 2.38. The lowest BCUT2D eigenvalue weighted by Crippen LogP contribution is -2.15. The van der Waals surface area contributed by atoms with Crippen LogP contribution < -0.4 is 10.5 Å². The van der Waals surface area contributed by atoms with Crippen molar-refractivity contribution in [3.63, 3.8) is 0 Å². The van der Waals surface area contributed by atoms with Gasteiger partial charge in [-0.1, -0.05) is 23.8 Å². The lowest BCUT2D eigenvalue weighted by atomic mass is 10.1. The van der Waals surface area contributed by atoms with Crippen LogP contribution in [-0.2, 0) is 6.61 Å². The molecule has 0 aliphatic rings. The molecule has 2 rings (SSSR count). The Kier molecular flexibility index (Phi) is 4.26. The van der Waals surface area contributed by atoms with Crippen LogP contribution in [0.3, 0.4) is 0 Å². The number of halogens is 1. The third-order valence-electron chi connectivity index (χ3n) is 3.34. The second-order valence-electron chi connectivity index (χ2n) is 5.23. The molecule has 0 fully saturated rings. The molecule has 0 aliphatic carbocycles. The van der Waals surface area contributed by atoms with Gasteiger partial charge < -0.3 is 10.5 Å². The van der Waals surface area contributed by atoms with E-state index in [9.17, 15) is 4.39 Å². The maximum atomic E-state index is 13.3. The van der Waals surface area contributed by atoms with Gasteiger partial charge in [0.15, 0.2) is 0 Å². The van der Waals surface area contributed by atoms with Crippen molar-refractivity contribution in [3.8, 4) is 5.75 Å². The minimum absolute atomic E-state index is 0.162. The van der Waals surface area contributed by atoms with Crippen LogP contribution in [0.1, 0.15) is 27.8 Å². The zero-order chi connectivity index (χ0) is 15.6. The van der Waals surface area contributed by atoms with E-state index in [1.165, 1.54) is 17.7 Å². The van der Waals surface area contributed by atoms with Crippen molar-refractivity contribution in [1.82, 2.24) is 0 Å². The molecule has 4 heteroatoms. The van der Waals surface area contributed by atoms with Gasteiger partial charge in [-0.05, 0) is 44.0 Å². The maximum absolute atomic E-state index is 13.3. The smallest absolute Gasteiger partial charge is 0.125 e. The number of hydrogen-bond donors (Lipinski definition) is 2. The number of ether oxygens (including phenoxy) is 1. The lowest BCUT2D eigenvalue weighted by molar-refractivity contribution is 0.301. The Hall–Kier alpha value is -2.36. The number of aryl methyl sites for hydroxylation is 3. The second-order valence-corrected chi connectivity index (χ2v) is 5.23. The molecule has 0 saturated carbocycles. The van der Waals surface area contributed by atoms with E-state index in [1.807, 2.05) is 20.8 Å². The van der Waals surface area contributed by atoms with Crippen molar-refractivity contribution in [2.24, 2.45) is 5.73 Å². The van der Waals surface area contributed by atoms with Crippen LogP contribution in [0.5, 0.6) is 5.75 Å². The van der Waals surface area contributed by atoms with Gasteiger partial charge in [-0.15, -0.1) is 0 Å². The molecule has 21 heavy (non-hydrogen) atoms. The van der Waals surface area contributed by atoms with E-state index in [2.05, 4.69) is 12.1 Å². The Bertz CT molecular complexity index is 672. The summed E-state index contributed by atoms with van der Waals surface area (Å²) in [5.74, 6) is 0.247. The number of nitrogen functional groups attached to an aromatic ring is 1. The number of amidine groups is 1. The molecule has 110 valence electrons. The summed E-state index contributed by atoms with van der Waals surface area (Å²) in [7, 11) is 0. The number of nitrogens with one attached hydrogen (secondary N) is 1. The standard InChI is InChI=1S/C17H19FN2O/c1-10-6-11(2)16(12(3)7-10)21-9-13-4-5-14(18)8-15(13)17(19)20/h4-8H,9H2,1-3H3,(H3,19,20). The Balaban J connectivity index is 2.27. The van der Waals surface area contributed by atoms with Crippen molar-refractivity contribution in [2.45, 2.75) is 27.4 Å². The number of rotatable bonds is 4. The summed E-state index contributed by atoms with van der Waals surface area (Å²) in [6.07, 6.45) is 0. The van der Waals surface area contributed by atoms with Crippen LogP contribution in [0.25, 0.3) is 0 Å². The summed E-state index contributed by atoms with van der Waals surface area (Å²) in [6, 6.07) is 8.32. The molecule has 2 aromatic rings. The molecule has 0 bridgehead atoms. The normalized spacial score (nSPS) is 10.5. The second kappa shape index (κ2) is 5.95. The minimum Gasteiger partial charge on any atom is -0.488 e. The predicted molar refractivity (Wildman–Crippen MR) is 82.4 cm³/mol. The molecular formula is C17H19FN2O. The third kappa shape index (κ3) is 3.40. The van der Waals surface area contributed by atoms with E-state index in [-0.39, 0.29) is 12.4 Å². The molecule has 0 radical (unpaired) electrons. The molecule has 0 amide bonds. The van der Waals surface area contributed by atoms with Crippen LogP contribution in [0.4, 0.5) is 4.39 Å². The highest BCUT2D eigenvalue weighted by atomic mass is 19.1. The first-order chi connectivity index (χ1) is 9.88. The van der Waals surface area contributed by atoms with Crippen molar-refractivity contribution in [2.75, 3.05) is 0 Å². The van der Waals surface area contributed by atoms with Gasteiger partial charge in [-0.25, -0.2) is 4.39 Å². The highest BCUT2D eigenvalue weighted by Crippen LogP contribution is 2.26. The van der Waals surface area contributed by atoms with Crippen LogP contribution in [0.2, 0.25) is 0 Å². The molecule has 0 heterocycles. The summed E-state index contributed by atoms with van der Waals surface area (Å²) in [6.45, 7) is 6.27. The minimum atomic E-state index is -0.411. The van der Waals surface area contributed by atoms with Crippen LogP contribution in [0.15, 0.2) is 30.3 Å². The monoisotopic (exact) mass is 286 g/mol. The van der Waals surface area contributed by atoms with Crippen molar-refractivity contribution in [3.05, 3.63) is 64.0 Å². The first-order valence-electron chi connectivity index (χ1n) is 6.72. The van der Waals surface area contributed by atoms with E-state index >= 15 is 0 Å². The van der Waals surface area contributed by atoms with E-state index in [4.69, 9.17) is 15.9 Å². The number of benzene rings is 2. The highest BCUT2D eigenvalue weighted by molar-refractivity contribution is 5.96. The van der Waals surface area contributed by atoms with Gasteiger partial charge >= 0.3 is 0 Å². The quantitative estimate of drug-likeness (QED) is 0.666. The molecule has 3 nitrogen and oxygen atoms in total. The lowest BCUT2D eigenvalue weighted by Gasteiger charge is -2.15. The molecule has 0 unspecified atom stereocenters. The van der Waals surface area contributed by atoms with Crippen molar-refractivity contribution in [1.29, 1.82) is 5.41 Å². The summed E-state index contributed by atoms with van der Waals surface area (Å²) in [5.41, 5.74) is 9.86. The predicted octanol–water partition coefficient (Wildman–Crippen LogP) is 3.61. The first-order valence-corrected chi connectivity index (χ1v) is 6.72. The van der Waals surface area contributed by atoms with Crippen LogP contribution >= 0.6 is 0 Å². The summed E-state index contributed by atoms with van der Waals surface area (Å²) in [4.78, 5) is 0. The van der Waals surface area contributed by atoms with Gasteiger partial charge in [0, 0.05) is 11.1 Å². The van der Waals surface area contributed by atoms with Gasteiger partial charge in [0.2, 0.25) is 0 Å². The fourth-order valence-corrected chi connectivity index (χ4v) is 2.47. The van der Waals surface area contributed by atoms with E-state index < -0.39 is 5.82 Å². The zero-order valence-corrected chi connectivity index (χ0v) is 12.5. The summed E-state index contributed by atoms with van der Waals surface area (Å²) >= 11 is 0. The van der Waals surface area contributed by atoms with E-state index in [0.717, 1.165) is 16.9 Å². The Morgan fingerprint density at radius 2 is 1.76 bits per heavy atom. The van der Waals surface area contributed by atoms with Crippen LogP contribution in [-0.4, -0.2) is 5.84 Å². The molecule has 0 aromatic heterocycles. The molecule has 0 atom stereocenters. The Morgan fingerprint density at radius 3 is 2.33 bits per heavy atom. The Labute approximate surface area is 124 Å². The van der Waals surface area contributed by atoms with Crippen molar-refractivity contribution < 1.29 is 9.13 Å². The van der Waals surface area contributed by atoms with Gasteiger partial charge in [0.05, 0.1) is 0 Å². The topological polar surface area (TPSA) is 59.1 Å². The average molecular weight is 286 g/mol. The summed E-state index contributed by atoms with van der Waals surface area (Å²) in [5, 5.41) is 7.52. The van der Waals surface area contributed by atoms with Gasteiger partial charge in [-0.3, -0.25) is 5.41 Å². The Morgan fingerprint density at radius 1 is 1.14 bits per heavy atom. The van der Waals surface area contributed by atoms with Crippen molar-refractivity contribution >= 4 is 5.84 Å². The fourth-order valence-electron chi connectivity index (χ4n) is 2.47. The maximum Gasteiger partial charge on any atom is 0.125 e. The van der Waals surface area contributed by atoms with E-state index in [1.54, 1.807) is 6.07 Å². The molecule has 0 saturated heterocycles. The first kappa shape index (κ1) is 15.0.